The van der Waals surface area contributed by atoms with Gasteiger partial charge in [-0.1, -0.05) is 6.07 Å². The fraction of sp³-hybridized carbons (Fsp3) is 0.308. The highest BCUT2D eigenvalue weighted by Crippen LogP contribution is 2.15. The summed E-state index contributed by atoms with van der Waals surface area (Å²) in [5.41, 5.74) is 7.81. The van der Waals surface area contributed by atoms with E-state index in [9.17, 15) is 4.79 Å². The first kappa shape index (κ1) is 13.1. The van der Waals surface area contributed by atoms with Crippen LogP contribution in [0, 0.1) is 13.8 Å². The zero-order valence-electron chi connectivity index (χ0n) is 11.3. The molecule has 0 saturated heterocycles. The summed E-state index contributed by atoms with van der Waals surface area (Å²) in [6.45, 7) is 4.06. The molecule has 0 saturated carbocycles. The van der Waals surface area contributed by atoms with Gasteiger partial charge in [0.05, 0.1) is 6.54 Å². The Bertz CT molecular complexity index is 605. The molecule has 100 valence electrons. The molecule has 0 bridgehead atoms. The minimum absolute atomic E-state index is 0.0905. The number of aryl methyl sites for hydroxylation is 2. The minimum Gasteiger partial charge on any atom is -0.399 e. The van der Waals surface area contributed by atoms with Crippen molar-refractivity contribution in [3.05, 3.63) is 41.0 Å². The number of nitrogens with zero attached hydrogens (tertiary/aromatic N) is 3. The van der Waals surface area contributed by atoms with E-state index in [4.69, 9.17) is 5.73 Å². The number of amides is 1. The molecule has 1 aromatic heterocycles. The number of nitrogens with two attached hydrogens (primary N) is 1. The number of hydrogen-bond acceptors (Lipinski definition) is 4. The average Bonchev–Trinajstić information content (AvgIpc) is 2.77. The van der Waals surface area contributed by atoms with Crippen molar-refractivity contribution >= 4 is 11.6 Å². The average molecular weight is 259 g/mol. The molecule has 1 amide bonds. The monoisotopic (exact) mass is 259 g/mol. The number of aromatic amines is 1. The van der Waals surface area contributed by atoms with E-state index in [-0.39, 0.29) is 5.91 Å². The van der Waals surface area contributed by atoms with Crippen LogP contribution in [0.15, 0.2) is 18.2 Å². The van der Waals surface area contributed by atoms with E-state index in [0.29, 0.717) is 23.6 Å². The van der Waals surface area contributed by atoms with Crippen LogP contribution >= 0.6 is 0 Å². The summed E-state index contributed by atoms with van der Waals surface area (Å²) in [6.07, 6.45) is 0. The Kier molecular flexibility index (Phi) is 3.50. The van der Waals surface area contributed by atoms with E-state index in [1.165, 1.54) is 0 Å². The molecule has 19 heavy (non-hydrogen) atoms. The lowest BCUT2D eigenvalue weighted by molar-refractivity contribution is 0.0781. The Balaban J connectivity index is 2.16. The second-order valence-corrected chi connectivity index (χ2v) is 4.57. The number of hydrogen-bond donors (Lipinski definition) is 2. The van der Waals surface area contributed by atoms with Crippen molar-refractivity contribution in [1.29, 1.82) is 0 Å². The number of H-pyrrole nitrogens is 1. The first-order valence-electron chi connectivity index (χ1n) is 5.97. The number of aromatic nitrogens is 3. The van der Waals surface area contributed by atoms with Crippen molar-refractivity contribution in [2.24, 2.45) is 0 Å². The quantitative estimate of drug-likeness (QED) is 0.813. The van der Waals surface area contributed by atoms with Crippen molar-refractivity contribution in [3.8, 4) is 0 Å². The summed E-state index contributed by atoms with van der Waals surface area (Å²) < 4.78 is 0. The molecule has 6 nitrogen and oxygen atoms in total. The van der Waals surface area contributed by atoms with Gasteiger partial charge in [0.2, 0.25) is 0 Å². The summed E-state index contributed by atoms with van der Waals surface area (Å²) in [7, 11) is 1.72. The summed E-state index contributed by atoms with van der Waals surface area (Å²) in [4.78, 5) is 18.1. The Morgan fingerprint density at radius 3 is 2.79 bits per heavy atom. The summed E-state index contributed by atoms with van der Waals surface area (Å²) in [6, 6.07) is 5.31. The molecule has 2 rings (SSSR count). The van der Waals surface area contributed by atoms with Crippen LogP contribution in [0.5, 0.6) is 0 Å². The van der Waals surface area contributed by atoms with Crippen LogP contribution in [0.2, 0.25) is 0 Å². The van der Waals surface area contributed by atoms with Crippen molar-refractivity contribution in [1.82, 2.24) is 20.1 Å². The number of nitrogen functional groups attached to an aromatic ring is 1. The van der Waals surface area contributed by atoms with Gasteiger partial charge in [-0.3, -0.25) is 9.89 Å². The molecule has 0 aliphatic rings. The molecule has 0 radical (unpaired) electrons. The molecule has 2 aromatic rings. The molecule has 0 atom stereocenters. The number of benzene rings is 1. The SMILES string of the molecule is Cc1nc(CN(C)C(=O)c2cc(N)ccc2C)n[nH]1. The van der Waals surface area contributed by atoms with E-state index in [1.807, 2.05) is 19.9 Å². The summed E-state index contributed by atoms with van der Waals surface area (Å²) in [5.74, 6) is 1.23. The van der Waals surface area contributed by atoms with Gasteiger partial charge in [0.1, 0.15) is 5.82 Å². The van der Waals surface area contributed by atoms with Gasteiger partial charge in [0.15, 0.2) is 5.82 Å². The molecule has 0 aliphatic carbocycles. The Labute approximate surface area is 111 Å². The zero-order chi connectivity index (χ0) is 14.0. The summed E-state index contributed by atoms with van der Waals surface area (Å²) in [5, 5.41) is 6.77. The Hall–Kier alpha value is -2.37. The van der Waals surface area contributed by atoms with Gasteiger partial charge in [0, 0.05) is 18.3 Å². The maximum absolute atomic E-state index is 12.3. The normalized spacial score (nSPS) is 10.5. The van der Waals surface area contributed by atoms with Crippen molar-refractivity contribution < 1.29 is 4.79 Å². The number of rotatable bonds is 3. The first-order valence-corrected chi connectivity index (χ1v) is 5.97. The van der Waals surface area contributed by atoms with Crippen LogP contribution in [0.1, 0.15) is 27.6 Å². The highest BCUT2D eigenvalue weighted by atomic mass is 16.2. The van der Waals surface area contributed by atoms with Crippen LogP contribution in [0.25, 0.3) is 0 Å². The maximum atomic E-state index is 12.3. The number of carbonyl (C=O) groups excluding carboxylic acids is 1. The number of carbonyl (C=O) groups is 1. The zero-order valence-corrected chi connectivity index (χ0v) is 11.3. The van der Waals surface area contributed by atoms with E-state index in [0.717, 1.165) is 11.4 Å². The van der Waals surface area contributed by atoms with E-state index < -0.39 is 0 Å². The largest absolute Gasteiger partial charge is 0.399 e. The molecular formula is C13H17N5O. The summed E-state index contributed by atoms with van der Waals surface area (Å²) >= 11 is 0. The fourth-order valence-corrected chi connectivity index (χ4v) is 1.82. The van der Waals surface area contributed by atoms with Crippen molar-refractivity contribution in [2.75, 3.05) is 12.8 Å². The number of anilines is 1. The third-order valence-electron chi connectivity index (χ3n) is 2.86. The molecule has 1 heterocycles. The van der Waals surface area contributed by atoms with Gasteiger partial charge in [-0.2, -0.15) is 5.10 Å². The van der Waals surface area contributed by atoms with E-state index >= 15 is 0 Å². The lowest BCUT2D eigenvalue weighted by Gasteiger charge is -2.17. The van der Waals surface area contributed by atoms with Crippen molar-refractivity contribution in [3.63, 3.8) is 0 Å². The second-order valence-electron chi connectivity index (χ2n) is 4.57. The predicted molar refractivity (Wildman–Crippen MR) is 72.5 cm³/mol. The third-order valence-corrected chi connectivity index (χ3v) is 2.86. The lowest BCUT2D eigenvalue weighted by Crippen LogP contribution is -2.27. The topological polar surface area (TPSA) is 87.9 Å². The molecule has 0 aliphatic heterocycles. The van der Waals surface area contributed by atoms with Gasteiger partial charge in [-0.05, 0) is 31.5 Å². The van der Waals surface area contributed by atoms with Crippen LogP contribution in [0.4, 0.5) is 5.69 Å². The highest BCUT2D eigenvalue weighted by molar-refractivity contribution is 5.96. The van der Waals surface area contributed by atoms with Gasteiger partial charge < -0.3 is 10.6 Å². The highest BCUT2D eigenvalue weighted by Gasteiger charge is 2.16. The van der Waals surface area contributed by atoms with Gasteiger partial charge in [-0.15, -0.1) is 0 Å². The molecule has 0 unspecified atom stereocenters. The lowest BCUT2D eigenvalue weighted by atomic mass is 10.1. The maximum Gasteiger partial charge on any atom is 0.254 e. The molecule has 6 heteroatoms. The van der Waals surface area contributed by atoms with Crippen LogP contribution in [0.3, 0.4) is 0 Å². The fourth-order valence-electron chi connectivity index (χ4n) is 1.82. The van der Waals surface area contributed by atoms with Crippen LogP contribution in [-0.2, 0) is 6.54 Å². The third kappa shape index (κ3) is 2.90. The Morgan fingerprint density at radius 1 is 1.42 bits per heavy atom. The van der Waals surface area contributed by atoms with Gasteiger partial charge in [0.25, 0.3) is 5.91 Å². The smallest absolute Gasteiger partial charge is 0.254 e. The molecule has 0 fully saturated rings. The van der Waals surface area contributed by atoms with Crippen LogP contribution < -0.4 is 5.73 Å². The standard InChI is InChI=1S/C13H17N5O/c1-8-4-5-10(14)6-11(8)13(19)18(3)7-12-15-9(2)16-17-12/h4-6H,7,14H2,1-3H3,(H,15,16,17). The van der Waals surface area contributed by atoms with Gasteiger partial charge in [-0.25, -0.2) is 4.98 Å². The molecule has 0 spiro atoms. The van der Waals surface area contributed by atoms with E-state index in [2.05, 4.69) is 15.2 Å². The predicted octanol–water partition coefficient (Wildman–Crippen LogP) is 1.28. The number of nitrogens with one attached hydrogen (secondary N) is 1. The Morgan fingerprint density at radius 2 is 2.16 bits per heavy atom. The second kappa shape index (κ2) is 5.09. The molecular weight excluding hydrogens is 242 g/mol. The van der Waals surface area contributed by atoms with Gasteiger partial charge >= 0.3 is 0 Å². The van der Waals surface area contributed by atoms with Crippen molar-refractivity contribution in [2.45, 2.75) is 20.4 Å². The van der Waals surface area contributed by atoms with E-state index in [1.54, 1.807) is 24.1 Å². The molecule has 1 aromatic carbocycles. The van der Waals surface area contributed by atoms with Crippen LogP contribution in [-0.4, -0.2) is 33.0 Å². The minimum atomic E-state index is -0.0905. The first-order chi connectivity index (χ1) is 8.97. The molecule has 3 N–H and O–H groups in total.